The number of hydrogen-bond acceptors (Lipinski definition) is 4. The largest absolute Gasteiger partial charge is 0.507 e. The van der Waals surface area contributed by atoms with Crippen LogP contribution in [-0.2, 0) is 6.54 Å². The first-order valence-electron chi connectivity index (χ1n) is 5.25. The molecule has 1 aromatic heterocycles. The van der Waals surface area contributed by atoms with Gasteiger partial charge >= 0.3 is 0 Å². The maximum Gasteiger partial charge on any atom is 0.255 e. The molecule has 0 saturated heterocycles. The number of carbonyl (C=O) groups is 1. The number of phenolic OH excluding ortho intramolecular Hbond substituents is 1. The van der Waals surface area contributed by atoms with Crippen LogP contribution in [0.25, 0.3) is 0 Å². The molecular formula is C12H11BrN2O3. The first kappa shape index (κ1) is 12.6. The third-order valence-corrected chi connectivity index (χ3v) is 2.80. The molecule has 0 aliphatic heterocycles. The maximum atomic E-state index is 11.8. The summed E-state index contributed by atoms with van der Waals surface area (Å²) >= 11 is 3.25. The van der Waals surface area contributed by atoms with Crippen LogP contribution >= 0.6 is 15.9 Å². The van der Waals surface area contributed by atoms with Gasteiger partial charge in [0, 0.05) is 10.5 Å². The van der Waals surface area contributed by atoms with Crippen LogP contribution < -0.4 is 5.32 Å². The molecule has 0 atom stereocenters. The minimum Gasteiger partial charge on any atom is -0.507 e. The lowest BCUT2D eigenvalue weighted by Crippen LogP contribution is -2.23. The predicted molar refractivity (Wildman–Crippen MR) is 68.2 cm³/mol. The van der Waals surface area contributed by atoms with E-state index in [9.17, 15) is 9.90 Å². The Morgan fingerprint density at radius 3 is 2.94 bits per heavy atom. The van der Waals surface area contributed by atoms with Gasteiger partial charge in [-0.05, 0) is 25.1 Å². The SMILES string of the molecule is Cc1cc(CNC(=O)c2cc(Br)ccc2O)no1. The number of aromatic hydroxyl groups is 1. The van der Waals surface area contributed by atoms with Crippen LogP contribution in [0.15, 0.2) is 33.3 Å². The summed E-state index contributed by atoms with van der Waals surface area (Å²) in [7, 11) is 0. The van der Waals surface area contributed by atoms with E-state index in [2.05, 4.69) is 26.4 Å². The van der Waals surface area contributed by atoms with Crippen molar-refractivity contribution in [3.8, 4) is 5.75 Å². The molecule has 0 fully saturated rings. The van der Waals surface area contributed by atoms with Crippen LogP contribution in [0.2, 0.25) is 0 Å². The van der Waals surface area contributed by atoms with Crippen molar-refractivity contribution in [1.29, 1.82) is 0 Å². The molecule has 0 aliphatic rings. The number of carbonyl (C=O) groups excluding carboxylic acids is 1. The summed E-state index contributed by atoms with van der Waals surface area (Å²) in [6.45, 7) is 2.03. The van der Waals surface area contributed by atoms with Gasteiger partial charge in [0.05, 0.1) is 12.1 Å². The van der Waals surface area contributed by atoms with Gasteiger partial charge in [0.15, 0.2) is 0 Å². The van der Waals surface area contributed by atoms with Crippen molar-refractivity contribution in [1.82, 2.24) is 10.5 Å². The molecule has 1 heterocycles. The molecule has 6 heteroatoms. The number of aromatic nitrogens is 1. The molecule has 94 valence electrons. The van der Waals surface area contributed by atoms with Crippen molar-refractivity contribution in [2.75, 3.05) is 0 Å². The van der Waals surface area contributed by atoms with E-state index < -0.39 is 0 Å². The first-order valence-corrected chi connectivity index (χ1v) is 6.04. The number of nitrogens with one attached hydrogen (secondary N) is 1. The number of hydrogen-bond donors (Lipinski definition) is 2. The summed E-state index contributed by atoms with van der Waals surface area (Å²) in [5.74, 6) is 0.256. The Hall–Kier alpha value is -1.82. The molecular weight excluding hydrogens is 300 g/mol. The molecule has 0 saturated carbocycles. The van der Waals surface area contributed by atoms with Crippen LogP contribution in [-0.4, -0.2) is 16.2 Å². The van der Waals surface area contributed by atoms with Crippen LogP contribution in [0.3, 0.4) is 0 Å². The van der Waals surface area contributed by atoms with E-state index in [1.54, 1.807) is 25.1 Å². The van der Waals surface area contributed by atoms with E-state index in [4.69, 9.17) is 4.52 Å². The van der Waals surface area contributed by atoms with E-state index >= 15 is 0 Å². The summed E-state index contributed by atoms with van der Waals surface area (Å²) < 4.78 is 5.61. The summed E-state index contributed by atoms with van der Waals surface area (Å²) in [6, 6.07) is 6.41. The quantitative estimate of drug-likeness (QED) is 0.912. The summed E-state index contributed by atoms with van der Waals surface area (Å²) in [6.07, 6.45) is 0. The normalized spacial score (nSPS) is 10.3. The minimum atomic E-state index is -0.366. The number of rotatable bonds is 3. The molecule has 18 heavy (non-hydrogen) atoms. The van der Waals surface area contributed by atoms with E-state index in [1.165, 1.54) is 6.07 Å². The Labute approximate surface area is 112 Å². The third kappa shape index (κ3) is 2.89. The number of halogens is 1. The Morgan fingerprint density at radius 2 is 2.28 bits per heavy atom. The Bertz CT molecular complexity index is 580. The molecule has 1 aromatic carbocycles. The second kappa shape index (κ2) is 5.22. The van der Waals surface area contributed by atoms with Crippen LogP contribution in [0.1, 0.15) is 21.8 Å². The standard InChI is InChI=1S/C12H11BrN2O3/c1-7-4-9(15-18-7)6-14-12(17)10-5-8(13)2-3-11(10)16/h2-5,16H,6H2,1H3,(H,14,17). The first-order chi connectivity index (χ1) is 8.56. The number of phenols is 1. The average molecular weight is 311 g/mol. The molecule has 2 aromatic rings. The Kier molecular flexibility index (Phi) is 3.66. The van der Waals surface area contributed by atoms with Gasteiger partial charge in [-0.15, -0.1) is 0 Å². The highest BCUT2D eigenvalue weighted by atomic mass is 79.9. The maximum absolute atomic E-state index is 11.8. The monoisotopic (exact) mass is 310 g/mol. The fourth-order valence-corrected chi connectivity index (χ4v) is 1.82. The van der Waals surface area contributed by atoms with Crippen molar-refractivity contribution in [2.24, 2.45) is 0 Å². The molecule has 0 aliphatic carbocycles. The topological polar surface area (TPSA) is 75.4 Å². The lowest BCUT2D eigenvalue weighted by Gasteiger charge is -2.05. The van der Waals surface area contributed by atoms with Gasteiger partial charge in [-0.2, -0.15) is 0 Å². The highest BCUT2D eigenvalue weighted by Crippen LogP contribution is 2.21. The van der Waals surface area contributed by atoms with E-state index in [0.29, 0.717) is 11.5 Å². The fourth-order valence-electron chi connectivity index (χ4n) is 1.46. The number of amides is 1. The predicted octanol–water partition coefficient (Wildman–Crippen LogP) is 2.38. The highest BCUT2D eigenvalue weighted by Gasteiger charge is 2.12. The van der Waals surface area contributed by atoms with Crippen LogP contribution in [0, 0.1) is 6.92 Å². The van der Waals surface area contributed by atoms with Crippen molar-refractivity contribution in [3.05, 3.63) is 45.8 Å². The zero-order chi connectivity index (χ0) is 13.1. The van der Waals surface area contributed by atoms with Crippen molar-refractivity contribution in [3.63, 3.8) is 0 Å². The van der Waals surface area contributed by atoms with Gasteiger partial charge in [-0.1, -0.05) is 21.1 Å². The number of benzene rings is 1. The zero-order valence-corrected chi connectivity index (χ0v) is 11.2. The number of aryl methyl sites for hydroxylation is 1. The molecule has 1 amide bonds. The van der Waals surface area contributed by atoms with E-state index in [0.717, 1.165) is 4.47 Å². The van der Waals surface area contributed by atoms with Crippen LogP contribution in [0.4, 0.5) is 0 Å². The van der Waals surface area contributed by atoms with Gasteiger partial charge in [-0.3, -0.25) is 4.79 Å². The van der Waals surface area contributed by atoms with E-state index in [-0.39, 0.29) is 23.8 Å². The lowest BCUT2D eigenvalue weighted by molar-refractivity contribution is 0.0947. The molecule has 5 nitrogen and oxygen atoms in total. The van der Waals surface area contributed by atoms with Crippen molar-refractivity contribution >= 4 is 21.8 Å². The van der Waals surface area contributed by atoms with Crippen LogP contribution in [0.5, 0.6) is 5.75 Å². The van der Waals surface area contributed by atoms with Gasteiger partial charge in [0.1, 0.15) is 17.2 Å². The lowest BCUT2D eigenvalue weighted by atomic mass is 10.2. The summed E-state index contributed by atoms with van der Waals surface area (Å²) in [5, 5.41) is 16.0. The number of nitrogens with zero attached hydrogens (tertiary/aromatic N) is 1. The third-order valence-electron chi connectivity index (χ3n) is 2.31. The van der Waals surface area contributed by atoms with Crippen molar-refractivity contribution in [2.45, 2.75) is 13.5 Å². The smallest absolute Gasteiger partial charge is 0.255 e. The van der Waals surface area contributed by atoms with Gasteiger partial charge in [-0.25, -0.2) is 0 Å². The molecule has 0 spiro atoms. The van der Waals surface area contributed by atoms with Crippen molar-refractivity contribution < 1.29 is 14.4 Å². The second-order valence-electron chi connectivity index (χ2n) is 3.77. The molecule has 0 unspecified atom stereocenters. The Morgan fingerprint density at radius 1 is 1.50 bits per heavy atom. The summed E-state index contributed by atoms with van der Waals surface area (Å²) in [4.78, 5) is 11.8. The fraction of sp³-hybridized carbons (Fsp3) is 0.167. The van der Waals surface area contributed by atoms with Gasteiger partial charge in [0.25, 0.3) is 5.91 Å². The van der Waals surface area contributed by atoms with E-state index in [1.807, 2.05) is 0 Å². The molecule has 0 radical (unpaired) electrons. The average Bonchev–Trinajstić information content (AvgIpc) is 2.75. The zero-order valence-electron chi connectivity index (χ0n) is 9.61. The molecule has 2 N–H and O–H groups in total. The summed E-state index contributed by atoms with van der Waals surface area (Å²) in [5.41, 5.74) is 0.847. The molecule has 0 bridgehead atoms. The molecule has 2 rings (SSSR count). The minimum absolute atomic E-state index is 0.0629. The second-order valence-corrected chi connectivity index (χ2v) is 4.69. The van der Waals surface area contributed by atoms with Gasteiger partial charge < -0.3 is 14.9 Å². The van der Waals surface area contributed by atoms with Gasteiger partial charge in [0.2, 0.25) is 0 Å². The Balaban J connectivity index is 2.05. The highest BCUT2D eigenvalue weighted by molar-refractivity contribution is 9.10.